The Morgan fingerprint density at radius 2 is 1.88 bits per heavy atom. The number of alkyl halides is 3. The van der Waals surface area contributed by atoms with Gasteiger partial charge in [-0.3, -0.25) is 4.68 Å². The molecule has 1 aromatic heterocycles. The normalized spacial score (nSPS) is 11.8. The van der Waals surface area contributed by atoms with Crippen LogP contribution in [-0.4, -0.2) is 15.5 Å². The average Bonchev–Trinajstić information content (AvgIpc) is 3.02. The zero-order chi connectivity index (χ0) is 18.7. The molecule has 3 aromatic rings. The lowest BCUT2D eigenvalue weighted by Crippen LogP contribution is -2.07. The van der Waals surface area contributed by atoms with Gasteiger partial charge in [0.1, 0.15) is 0 Å². The van der Waals surface area contributed by atoms with Crippen LogP contribution in [-0.2, 0) is 12.7 Å². The molecule has 0 spiro atoms. The smallest absolute Gasteiger partial charge is 0.310 e. The van der Waals surface area contributed by atoms with Crippen molar-refractivity contribution in [1.29, 1.82) is 5.41 Å². The summed E-state index contributed by atoms with van der Waals surface area (Å²) >= 11 is 0. The van der Waals surface area contributed by atoms with Gasteiger partial charge in [-0.05, 0) is 35.7 Å². The fourth-order valence-corrected chi connectivity index (χ4v) is 3.08. The summed E-state index contributed by atoms with van der Waals surface area (Å²) < 4.78 is 41.6. The number of hydrogen-bond acceptors (Lipinski definition) is 2. The van der Waals surface area contributed by atoms with Crippen molar-refractivity contribution in [1.82, 2.24) is 9.78 Å². The molecular formula is C20H20F3N3. The van der Waals surface area contributed by atoms with E-state index in [9.17, 15) is 13.2 Å². The van der Waals surface area contributed by atoms with Crippen LogP contribution in [0.1, 0.15) is 31.7 Å². The minimum absolute atomic E-state index is 0.166. The number of fused-ring (bicyclic) bond motifs is 1. The van der Waals surface area contributed by atoms with Crippen LogP contribution in [0.4, 0.5) is 13.2 Å². The quantitative estimate of drug-likeness (QED) is 0.544. The van der Waals surface area contributed by atoms with Gasteiger partial charge >= 0.3 is 6.18 Å². The number of nitrogens with zero attached hydrogens (tertiary/aromatic N) is 2. The summed E-state index contributed by atoms with van der Waals surface area (Å²) in [6.45, 7) is 2.64. The van der Waals surface area contributed by atoms with Gasteiger partial charge in [-0.1, -0.05) is 37.6 Å². The lowest BCUT2D eigenvalue weighted by molar-refractivity contribution is -0.137. The van der Waals surface area contributed by atoms with Crippen LogP contribution in [0.25, 0.3) is 22.0 Å². The molecule has 1 heterocycles. The Morgan fingerprint density at radius 3 is 2.62 bits per heavy atom. The van der Waals surface area contributed by atoms with Crippen molar-refractivity contribution in [3.8, 4) is 11.1 Å². The van der Waals surface area contributed by atoms with E-state index in [0.717, 1.165) is 29.8 Å². The first kappa shape index (κ1) is 18.2. The zero-order valence-electron chi connectivity index (χ0n) is 14.5. The maximum atomic E-state index is 13.3. The minimum atomic E-state index is -4.39. The van der Waals surface area contributed by atoms with E-state index in [0.29, 0.717) is 24.2 Å². The molecule has 0 atom stereocenters. The molecule has 0 radical (unpaired) electrons. The van der Waals surface area contributed by atoms with Gasteiger partial charge in [0.05, 0.1) is 17.3 Å². The highest BCUT2D eigenvalue weighted by atomic mass is 19.4. The number of aryl methyl sites for hydroxylation is 1. The highest BCUT2D eigenvalue weighted by molar-refractivity contribution is 5.86. The van der Waals surface area contributed by atoms with Gasteiger partial charge in [-0.2, -0.15) is 18.3 Å². The number of rotatable bonds is 6. The third-order valence-corrected chi connectivity index (χ3v) is 4.36. The molecule has 0 saturated heterocycles. The largest absolute Gasteiger partial charge is 0.417 e. The van der Waals surface area contributed by atoms with Gasteiger partial charge in [0.15, 0.2) is 0 Å². The van der Waals surface area contributed by atoms with Crippen molar-refractivity contribution in [3.63, 3.8) is 0 Å². The summed E-state index contributed by atoms with van der Waals surface area (Å²) in [5, 5.41) is 13.0. The van der Waals surface area contributed by atoms with E-state index < -0.39 is 11.7 Å². The number of benzene rings is 2. The van der Waals surface area contributed by atoms with E-state index in [2.05, 4.69) is 5.10 Å². The molecule has 3 nitrogen and oxygen atoms in total. The summed E-state index contributed by atoms with van der Waals surface area (Å²) in [6, 6.07) is 10.8. The molecule has 2 aromatic carbocycles. The second-order valence-corrected chi connectivity index (χ2v) is 6.29. The summed E-state index contributed by atoms with van der Waals surface area (Å²) in [6.07, 6.45) is -0.380. The second-order valence-electron chi connectivity index (χ2n) is 6.29. The van der Waals surface area contributed by atoms with Gasteiger partial charge in [-0.15, -0.1) is 0 Å². The van der Waals surface area contributed by atoms with Gasteiger partial charge in [-0.25, -0.2) is 0 Å². The Morgan fingerprint density at radius 1 is 1.12 bits per heavy atom. The predicted octanol–water partition coefficient (Wildman–Crippen LogP) is 5.93. The minimum Gasteiger partial charge on any atom is -0.310 e. The Kier molecular flexibility index (Phi) is 5.11. The van der Waals surface area contributed by atoms with Crippen molar-refractivity contribution in [3.05, 3.63) is 54.2 Å². The molecule has 0 aliphatic carbocycles. The maximum absolute atomic E-state index is 13.3. The average molecular weight is 359 g/mol. The highest BCUT2D eigenvalue weighted by Crippen LogP contribution is 2.37. The Balaban J connectivity index is 1.92. The highest BCUT2D eigenvalue weighted by Gasteiger charge is 2.33. The summed E-state index contributed by atoms with van der Waals surface area (Å²) in [4.78, 5) is 0. The van der Waals surface area contributed by atoms with Crippen molar-refractivity contribution in [2.45, 2.75) is 38.9 Å². The zero-order valence-corrected chi connectivity index (χ0v) is 14.5. The van der Waals surface area contributed by atoms with E-state index >= 15 is 0 Å². The van der Waals surface area contributed by atoms with Crippen LogP contribution in [0.15, 0.2) is 48.7 Å². The van der Waals surface area contributed by atoms with Gasteiger partial charge in [0.2, 0.25) is 0 Å². The molecular weight excluding hydrogens is 339 g/mol. The molecule has 0 unspecified atom stereocenters. The molecule has 0 amide bonds. The first-order chi connectivity index (χ1) is 12.4. The topological polar surface area (TPSA) is 41.7 Å². The fourth-order valence-electron chi connectivity index (χ4n) is 3.08. The lowest BCUT2D eigenvalue weighted by Gasteiger charge is -2.13. The molecule has 136 valence electrons. The number of hydrogen-bond donors (Lipinski definition) is 1. The van der Waals surface area contributed by atoms with E-state index in [1.54, 1.807) is 35.1 Å². The van der Waals surface area contributed by atoms with Crippen molar-refractivity contribution in [2.75, 3.05) is 0 Å². The van der Waals surface area contributed by atoms with Crippen LogP contribution in [0.5, 0.6) is 0 Å². The van der Waals surface area contributed by atoms with Crippen LogP contribution >= 0.6 is 0 Å². The van der Waals surface area contributed by atoms with Crippen LogP contribution < -0.4 is 0 Å². The van der Waals surface area contributed by atoms with E-state index in [4.69, 9.17) is 5.41 Å². The number of aromatic nitrogens is 2. The molecule has 6 heteroatoms. The van der Waals surface area contributed by atoms with Gasteiger partial charge in [0.25, 0.3) is 0 Å². The Hall–Kier alpha value is -2.63. The standard InChI is InChI=1S/C20H20F3N3/c1-2-5-16(24)10-11-26-19-9-8-14(12-15(19)13-25-26)17-6-3-4-7-18(17)20(21,22)23/h3-4,6-9,12-13,24H,2,5,10-11H2,1H3. The van der Waals surface area contributed by atoms with Crippen LogP contribution in [0.2, 0.25) is 0 Å². The van der Waals surface area contributed by atoms with Crippen molar-refractivity contribution < 1.29 is 13.2 Å². The summed E-state index contributed by atoms with van der Waals surface area (Å²) in [5.74, 6) is 0. The van der Waals surface area contributed by atoms with Gasteiger partial charge < -0.3 is 5.41 Å². The SMILES string of the molecule is CCCC(=N)CCn1ncc2cc(-c3ccccc3C(F)(F)F)ccc21. The first-order valence-electron chi connectivity index (χ1n) is 8.58. The molecule has 0 aliphatic heterocycles. The van der Waals surface area contributed by atoms with Gasteiger partial charge in [0, 0.05) is 24.1 Å². The second kappa shape index (κ2) is 7.32. The molecule has 0 fully saturated rings. The van der Waals surface area contributed by atoms with E-state index in [-0.39, 0.29) is 5.56 Å². The third-order valence-electron chi connectivity index (χ3n) is 4.36. The van der Waals surface area contributed by atoms with E-state index in [1.165, 1.54) is 12.1 Å². The maximum Gasteiger partial charge on any atom is 0.417 e. The monoisotopic (exact) mass is 359 g/mol. The number of nitrogens with one attached hydrogen (secondary N) is 1. The number of halogens is 3. The molecule has 0 bridgehead atoms. The lowest BCUT2D eigenvalue weighted by atomic mass is 9.98. The molecule has 1 N–H and O–H groups in total. The van der Waals surface area contributed by atoms with E-state index in [1.807, 2.05) is 6.92 Å². The summed E-state index contributed by atoms with van der Waals surface area (Å²) in [7, 11) is 0. The molecule has 0 aliphatic rings. The Bertz CT molecular complexity index is 925. The predicted molar refractivity (Wildman–Crippen MR) is 97.4 cm³/mol. The van der Waals surface area contributed by atoms with Crippen LogP contribution in [0.3, 0.4) is 0 Å². The molecule has 0 saturated carbocycles. The van der Waals surface area contributed by atoms with Crippen molar-refractivity contribution >= 4 is 16.6 Å². The summed E-state index contributed by atoms with van der Waals surface area (Å²) in [5.41, 5.74) is 1.59. The fraction of sp³-hybridized carbons (Fsp3) is 0.300. The third kappa shape index (κ3) is 3.79. The van der Waals surface area contributed by atoms with Crippen molar-refractivity contribution in [2.24, 2.45) is 0 Å². The Labute approximate surface area is 150 Å². The van der Waals surface area contributed by atoms with Crippen LogP contribution in [0, 0.1) is 5.41 Å². The molecule has 3 rings (SSSR count). The molecule has 26 heavy (non-hydrogen) atoms. The first-order valence-corrected chi connectivity index (χ1v) is 8.58.